The number of carbonyl (C=O) groups is 5. The van der Waals surface area contributed by atoms with Gasteiger partial charge in [0.15, 0.2) is 11.2 Å². The van der Waals surface area contributed by atoms with Crippen molar-refractivity contribution >= 4 is 29.8 Å². The normalized spacial score (nSPS) is 10.9. The molecule has 0 bridgehead atoms. The van der Waals surface area contributed by atoms with Crippen LogP contribution in [0.4, 0.5) is 4.79 Å². The quantitative estimate of drug-likeness (QED) is 0.0788. The highest BCUT2D eigenvalue weighted by atomic mass is 16.6. The molecule has 0 spiro atoms. The minimum absolute atomic E-state index is 0.161. The summed E-state index contributed by atoms with van der Waals surface area (Å²) in [5, 5.41) is 12.7. The number of nitrogens with zero attached hydrogens (tertiary/aromatic N) is 1. The highest BCUT2D eigenvalue weighted by Crippen LogP contribution is 2.22. The molecule has 0 saturated carbocycles. The average molecular weight is 778 g/mol. The molecule has 13 heteroatoms. The maximum atomic E-state index is 12.5. The predicted molar refractivity (Wildman–Crippen MR) is 213 cm³/mol. The molecule has 0 aliphatic heterocycles. The summed E-state index contributed by atoms with van der Waals surface area (Å²) in [5.74, 6) is -0.681. The Labute approximate surface area is 331 Å². The van der Waals surface area contributed by atoms with E-state index in [4.69, 9.17) is 24.1 Å². The first-order valence-corrected chi connectivity index (χ1v) is 19.1. The fraction of sp³-hybridized carbons (Fsp3) is 0.465. The molecule has 3 rings (SSSR count). The van der Waals surface area contributed by atoms with Gasteiger partial charge in [-0.05, 0) is 115 Å². The highest BCUT2D eigenvalue weighted by Gasteiger charge is 2.32. The number of ether oxygens (including phenoxy) is 4. The molecule has 0 atom stereocenters. The van der Waals surface area contributed by atoms with Gasteiger partial charge in [0.25, 0.3) is 0 Å². The Morgan fingerprint density at radius 3 is 1.54 bits per heavy atom. The minimum Gasteiger partial charge on any atom is -0.481 e. The number of carboxylic acid groups (broad SMARTS) is 1. The van der Waals surface area contributed by atoms with Crippen LogP contribution in [0.3, 0.4) is 0 Å². The van der Waals surface area contributed by atoms with Crippen LogP contribution in [0.1, 0.15) is 97.3 Å². The summed E-state index contributed by atoms with van der Waals surface area (Å²) < 4.78 is 21.4. The highest BCUT2D eigenvalue weighted by molar-refractivity contribution is 5.81. The molecule has 0 heterocycles. The molecule has 56 heavy (non-hydrogen) atoms. The summed E-state index contributed by atoms with van der Waals surface area (Å²) in [7, 11) is 0. The Balaban J connectivity index is 0.000000440. The number of carbonyl (C=O) groups excluding carboxylic acids is 4. The number of benzene rings is 3. The number of esters is 2. The second-order valence-electron chi connectivity index (χ2n) is 13.9. The lowest BCUT2D eigenvalue weighted by molar-refractivity contribution is -0.159. The number of hydrazine groups is 1. The molecule has 0 aliphatic carbocycles. The average Bonchev–Trinajstić information content (AvgIpc) is 3.15. The summed E-state index contributed by atoms with van der Waals surface area (Å²) in [6.45, 7) is 13.6. The zero-order valence-corrected chi connectivity index (χ0v) is 33.9. The monoisotopic (exact) mass is 777 g/mol. The minimum atomic E-state index is -1.08. The standard InChI is InChI=1S/C27H37N3O5.C16H22O5/c1-5-19-28-26(33)30(20-22-11-8-7-9-12-22)29-24(31)14-10-13-21-15-17-23(18-16-21)35-27(3,4)25(32)34-6-2;1-4-20-15(19)16(2,3)21-13-10-8-12(9-11-13)6-5-7-14(17)18/h7-9,11-12,15-18H,5-6,10,13-14,19-20H2,1-4H3,(H,28,33)(H,29,31);8-11H,4-7H2,1-3H3,(H,17,18). The Bertz CT molecular complexity index is 1660. The van der Waals surface area contributed by atoms with E-state index < -0.39 is 29.1 Å². The van der Waals surface area contributed by atoms with Gasteiger partial charge in [-0.1, -0.05) is 61.5 Å². The SMILES string of the molecule is CCCNC(=O)N(Cc1ccccc1)NC(=O)CCCc1ccc(OC(C)(C)C(=O)OCC)cc1.CCOC(=O)C(C)(C)Oc1ccc(CCCC(=O)O)cc1. The first kappa shape index (κ1) is 46.6. The summed E-state index contributed by atoms with van der Waals surface area (Å²) >= 11 is 0. The van der Waals surface area contributed by atoms with Gasteiger partial charge < -0.3 is 29.4 Å². The van der Waals surface area contributed by atoms with E-state index in [2.05, 4.69) is 10.7 Å². The van der Waals surface area contributed by atoms with Crippen molar-refractivity contribution < 1.29 is 48.0 Å². The van der Waals surface area contributed by atoms with Gasteiger partial charge in [-0.2, -0.15) is 0 Å². The molecule has 0 fully saturated rings. The molecule has 0 aliphatic rings. The van der Waals surface area contributed by atoms with Crippen LogP contribution < -0.4 is 20.2 Å². The first-order valence-electron chi connectivity index (χ1n) is 19.1. The lowest BCUT2D eigenvalue weighted by Gasteiger charge is -2.24. The summed E-state index contributed by atoms with van der Waals surface area (Å²) in [6.07, 6.45) is 3.86. The van der Waals surface area contributed by atoms with E-state index >= 15 is 0 Å². The number of nitrogens with one attached hydrogen (secondary N) is 2. The van der Waals surface area contributed by atoms with Crippen LogP contribution >= 0.6 is 0 Å². The number of rotatable bonds is 20. The molecule has 0 aromatic heterocycles. The number of urea groups is 1. The summed E-state index contributed by atoms with van der Waals surface area (Å²) in [5.41, 5.74) is 3.62. The van der Waals surface area contributed by atoms with Crippen LogP contribution in [-0.2, 0) is 48.0 Å². The maximum Gasteiger partial charge on any atom is 0.349 e. The molecule has 3 aromatic carbocycles. The zero-order valence-electron chi connectivity index (χ0n) is 33.9. The van der Waals surface area contributed by atoms with E-state index in [0.29, 0.717) is 56.9 Å². The summed E-state index contributed by atoms with van der Waals surface area (Å²) in [6, 6.07) is 23.9. The molecule has 3 aromatic rings. The fourth-order valence-corrected chi connectivity index (χ4v) is 5.09. The Hall–Kier alpha value is -5.59. The van der Waals surface area contributed by atoms with Crippen LogP contribution in [0.25, 0.3) is 0 Å². The number of aliphatic carboxylic acids is 1. The molecular weight excluding hydrogens is 718 g/mol. The van der Waals surface area contributed by atoms with Crippen molar-refractivity contribution in [2.45, 2.75) is 111 Å². The van der Waals surface area contributed by atoms with Gasteiger partial charge in [0.05, 0.1) is 19.8 Å². The maximum absolute atomic E-state index is 12.5. The van der Waals surface area contributed by atoms with Gasteiger partial charge in [-0.15, -0.1) is 0 Å². The smallest absolute Gasteiger partial charge is 0.349 e. The number of aryl methyl sites for hydroxylation is 2. The third-order valence-electron chi connectivity index (χ3n) is 8.07. The largest absolute Gasteiger partial charge is 0.481 e. The van der Waals surface area contributed by atoms with Gasteiger partial charge in [0.2, 0.25) is 5.91 Å². The van der Waals surface area contributed by atoms with E-state index in [1.807, 2.05) is 61.5 Å². The van der Waals surface area contributed by atoms with Crippen LogP contribution in [0, 0.1) is 0 Å². The van der Waals surface area contributed by atoms with Crippen molar-refractivity contribution in [3.05, 3.63) is 95.6 Å². The van der Waals surface area contributed by atoms with Crippen LogP contribution in [0.2, 0.25) is 0 Å². The Kier molecular flexibility index (Phi) is 20.0. The van der Waals surface area contributed by atoms with E-state index in [9.17, 15) is 24.0 Å². The number of amides is 3. The van der Waals surface area contributed by atoms with Crippen molar-refractivity contribution in [3.63, 3.8) is 0 Å². The second kappa shape index (κ2) is 24.0. The molecule has 3 amide bonds. The van der Waals surface area contributed by atoms with Crippen LogP contribution in [0.5, 0.6) is 11.5 Å². The first-order chi connectivity index (χ1) is 26.6. The second-order valence-corrected chi connectivity index (χ2v) is 13.9. The van der Waals surface area contributed by atoms with E-state index in [1.165, 1.54) is 5.01 Å². The van der Waals surface area contributed by atoms with Crippen molar-refractivity contribution in [2.24, 2.45) is 0 Å². The van der Waals surface area contributed by atoms with Crippen molar-refractivity contribution in [3.8, 4) is 11.5 Å². The van der Waals surface area contributed by atoms with Crippen LogP contribution in [-0.4, -0.2) is 70.9 Å². The number of carboxylic acids is 1. The third-order valence-corrected chi connectivity index (χ3v) is 8.07. The molecule has 0 radical (unpaired) electrons. The fourth-order valence-electron chi connectivity index (χ4n) is 5.09. The van der Waals surface area contributed by atoms with Crippen molar-refractivity contribution in [1.29, 1.82) is 0 Å². The predicted octanol–water partition coefficient (Wildman–Crippen LogP) is 7.20. The third kappa shape index (κ3) is 17.7. The Morgan fingerprint density at radius 1 is 0.643 bits per heavy atom. The topological polar surface area (TPSA) is 170 Å². The zero-order chi connectivity index (χ0) is 41.6. The van der Waals surface area contributed by atoms with Crippen molar-refractivity contribution in [1.82, 2.24) is 15.8 Å². The molecule has 13 nitrogen and oxygen atoms in total. The van der Waals surface area contributed by atoms with Gasteiger partial charge in [0, 0.05) is 19.4 Å². The lowest BCUT2D eigenvalue weighted by Crippen LogP contribution is -2.50. The number of hydrogen-bond acceptors (Lipinski definition) is 9. The molecular formula is C43H59N3O10. The van der Waals surface area contributed by atoms with Crippen LogP contribution in [0.15, 0.2) is 78.9 Å². The van der Waals surface area contributed by atoms with E-state index in [-0.39, 0.29) is 31.3 Å². The molecule has 306 valence electrons. The molecule has 3 N–H and O–H groups in total. The molecule has 0 unspecified atom stereocenters. The number of hydrogen-bond donors (Lipinski definition) is 3. The van der Waals surface area contributed by atoms with Gasteiger partial charge >= 0.3 is 23.9 Å². The molecule has 0 saturated heterocycles. The van der Waals surface area contributed by atoms with Crippen molar-refractivity contribution in [2.75, 3.05) is 19.8 Å². The van der Waals surface area contributed by atoms with E-state index in [0.717, 1.165) is 23.1 Å². The van der Waals surface area contributed by atoms with Gasteiger partial charge in [-0.25, -0.2) is 19.4 Å². The summed E-state index contributed by atoms with van der Waals surface area (Å²) in [4.78, 5) is 59.2. The van der Waals surface area contributed by atoms with Gasteiger partial charge in [0.1, 0.15) is 11.5 Å². The Morgan fingerprint density at radius 2 is 1.11 bits per heavy atom. The lowest BCUT2D eigenvalue weighted by atomic mass is 10.1. The van der Waals surface area contributed by atoms with E-state index in [1.54, 1.807) is 65.8 Å². The van der Waals surface area contributed by atoms with Gasteiger partial charge in [-0.3, -0.25) is 15.0 Å².